The Kier molecular flexibility index (Phi) is 20.0. The van der Waals surface area contributed by atoms with Crippen LogP contribution < -0.4 is 21.8 Å². The van der Waals surface area contributed by atoms with Gasteiger partial charge in [-0.1, -0.05) is 153 Å². The minimum absolute atomic E-state index is 0. The molecule has 0 amide bonds. The van der Waals surface area contributed by atoms with Crippen molar-refractivity contribution in [1.29, 1.82) is 0 Å². The molecule has 0 aliphatic rings. The molecule has 1 atom stereocenters. The van der Waals surface area contributed by atoms with Gasteiger partial charge in [0.2, 0.25) is 5.75 Å². The first kappa shape index (κ1) is 36.4. The maximum absolute atomic E-state index is 13.2. The molecule has 0 saturated heterocycles. The Morgan fingerprint density at radius 3 is 1.62 bits per heavy atom. The third-order valence-electron chi connectivity index (χ3n) is 8.14. The average molecular weight is 617 g/mol. The number of hydrogen-bond acceptors (Lipinski definition) is 2. The molecule has 0 heterocycles. The van der Waals surface area contributed by atoms with Gasteiger partial charge in [-0.3, -0.25) is 4.79 Å². The normalized spacial score (nSPS) is 12.1. The van der Waals surface area contributed by atoms with Crippen LogP contribution >= 0.6 is 0 Å². The van der Waals surface area contributed by atoms with E-state index in [4.69, 9.17) is 4.84 Å². The van der Waals surface area contributed by atoms with Gasteiger partial charge in [0.05, 0.1) is 5.56 Å². The summed E-state index contributed by atoms with van der Waals surface area (Å²) in [6.07, 6.45) is 24.3. The lowest BCUT2D eigenvalue weighted by Crippen LogP contribution is -3.00. The molecule has 0 fully saturated rings. The fourth-order valence-corrected chi connectivity index (χ4v) is 5.66. The smallest absolute Gasteiger partial charge is 0.201 e. The highest BCUT2D eigenvalue weighted by molar-refractivity contribution is 6.10. The van der Waals surface area contributed by atoms with Crippen molar-refractivity contribution < 1.29 is 31.3 Å². The first-order valence-corrected chi connectivity index (χ1v) is 16.2. The van der Waals surface area contributed by atoms with Gasteiger partial charge in [-0.2, -0.15) is 0 Å². The highest BCUT2D eigenvalue weighted by Crippen LogP contribution is 2.28. The van der Waals surface area contributed by atoms with Gasteiger partial charge in [0.1, 0.15) is 20.1 Å². The summed E-state index contributed by atoms with van der Waals surface area (Å²) in [5, 5.41) is 0. The van der Waals surface area contributed by atoms with Crippen molar-refractivity contribution in [3.8, 4) is 5.75 Å². The number of ketones is 1. The second-order valence-corrected chi connectivity index (χ2v) is 11.9. The van der Waals surface area contributed by atoms with E-state index in [0.717, 1.165) is 19.3 Å². The summed E-state index contributed by atoms with van der Waals surface area (Å²) in [5.41, 5.74) is 1.33. The van der Waals surface area contributed by atoms with Crippen LogP contribution in [0.15, 0.2) is 54.6 Å². The number of unbranched alkanes of at least 4 members (excludes halogenated alkanes) is 14. The largest absolute Gasteiger partial charge is 1.00 e. The predicted octanol–water partition coefficient (Wildman–Crippen LogP) is 7.72. The number of para-hydroxylation sites is 1. The minimum Gasteiger partial charge on any atom is -1.00 e. The quantitative estimate of drug-likeness (QED) is 0.0553. The number of quaternary nitrogens is 1. The van der Waals surface area contributed by atoms with E-state index in [-0.39, 0.29) is 22.8 Å². The van der Waals surface area contributed by atoms with E-state index in [1.165, 1.54) is 96.3 Å². The highest BCUT2D eigenvalue weighted by Gasteiger charge is 2.32. The predicted molar refractivity (Wildman–Crippen MR) is 167 cm³/mol. The third kappa shape index (κ3) is 14.3. The van der Waals surface area contributed by atoms with Crippen LogP contribution in [0, 0.1) is 0 Å². The Morgan fingerprint density at radius 2 is 1.10 bits per heavy atom. The molecule has 4 heteroatoms. The molecule has 0 N–H and O–H groups in total. The van der Waals surface area contributed by atoms with Crippen molar-refractivity contribution >= 4 is 5.78 Å². The van der Waals surface area contributed by atoms with Crippen LogP contribution in [0.5, 0.6) is 5.75 Å². The zero-order valence-electron chi connectivity index (χ0n) is 26.1. The first-order valence-electron chi connectivity index (χ1n) is 16.2. The number of carbonyl (C=O) groups is 1. The van der Waals surface area contributed by atoms with Gasteiger partial charge >= 0.3 is 0 Å². The molecule has 0 spiro atoms. The topological polar surface area (TPSA) is 26.3 Å². The molecule has 0 saturated carbocycles. The lowest BCUT2D eigenvalue weighted by molar-refractivity contribution is -1.07. The summed E-state index contributed by atoms with van der Waals surface area (Å²) >= 11 is 0. The van der Waals surface area contributed by atoms with Crippen LogP contribution in [0.1, 0.15) is 145 Å². The number of nitrogens with zero attached hydrogens (tertiary/aromatic N) is 1. The van der Waals surface area contributed by atoms with Crippen molar-refractivity contribution in [2.24, 2.45) is 0 Å². The van der Waals surface area contributed by atoms with Gasteiger partial charge in [0.15, 0.2) is 5.78 Å². The van der Waals surface area contributed by atoms with Crippen LogP contribution in [0.4, 0.5) is 0 Å². The van der Waals surface area contributed by atoms with Gasteiger partial charge in [0.25, 0.3) is 0 Å². The molecule has 0 aromatic heterocycles. The van der Waals surface area contributed by atoms with E-state index in [2.05, 4.69) is 27.9 Å². The summed E-state index contributed by atoms with van der Waals surface area (Å²) < 4.78 is 0.450. The van der Waals surface area contributed by atoms with E-state index >= 15 is 0 Å². The molecule has 0 aliphatic carbocycles. The second-order valence-electron chi connectivity index (χ2n) is 11.9. The maximum atomic E-state index is 13.2. The van der Waals surface area contributed by atoms with Crippen LogP contribution in [0.3, 0.4) is 0 Å². The number of hydrogen-bond donors (Lipinski definition) is 0. The average Bonchev–Trinajstić information content (AvgIpc) is 2.94. The van der Waals surface area contributed by atoms with E-state index in [1.54, 1.807) is 0 Å². The molecule has 0 radical (unpaired) electrons. The van der Waals surface area contributed by atoms with E-state index < -0.39 is 0 Å². The lowest BCUT2D eigenvalue weighted by atomic mass is 10.0. The monoisotopic (exact) mass is 615 g/mol. The van der Waals surface area contributed by atoms with Crippen LogP contribution in [-0.2, 0) is 0 Å². The van der Waals surface area contributed by atoms with E-state index in [9.17, 15) is 4.79 Å². The Balaban J connectivity index is 0.00000800. The van der Waals surface area contributed by atoms with E-state index in [1.807, 2.05) is 54.6 Å². The minimum atomic E-state index is 0. The SMILES string of the molecule is CCCCCCCCCCCCCCCCCC(CCC)[N+](C)(C)Oc1ccccc1C(=O)c1ccccc1.[Br-]. The number of benzene rings is 2. The molecule has 226 valence electrons. The van der Waals surface area contributed by atoms with Gasteiger partial charge in [-0.25, -0.2) is 0 Å². The van der Waals surface area contributed by atoms with Gasteiger partial charge in [-0.15, -0.1) is 4.65 Å². The molecule has 2 rings (SSSR count). The summed E-state index contributed by atoms with van der Waals surface area (Å²) in [6.45, 7) is 4.55. The van der Waals surface area contributed by atoms with Crippen molar-refractivity contribution in [2.75, 3.05) is 14.1 Å². The van der Waals surface area contributed by atoms with Crippen molar-refractivity contribution in [3.05, 3.63) is 65.7 Å². The molecule has 2 aromatic rings. The third-order valence-corrected chi connectivity index (χ3v) is 8.14. The Morgan fingerprint density at radius 1 is 0.625 bits per heavy atom. The molecule has 2 aromatic carbocycles. The fraction of sp³-hybridized carbons (Fsp3) is 0.639. The van der Waals surface area contributed by atoms with Crippen LogP contribution in [0.25, 0.3) is 0 Å². The Bertz CT molecular complexity index is 899. The summed E-state index contributed by atoms with van der Waals surface area (Å²) in [7, 11) is 4.30. The van der Waals surface area contributed by atoms with Crippen LogP contribution in [0.2, 0.25) is 0 Å². The van der Waals surface area contributed by atoms with Crippen molar-refractivity contribution in [2.45, 2.75) is 135 Å². The number of halogens is 1. The Labute approximate surface area is 257 Å². The molecule has 40 heavy (non-hydrogen) atoms. The maximum Gasteiger partial charge on any atom is 0.201 e. The molecular formula is C36H58BrNO2. The fourth-order valence-electron chi connectivity index (χ4n) is 5.66. The summed E-state index contributed by atoms with van der Waals surface area (Å²) in [5.74, 6) is 0.689. The summed E-state index contributed by atoms with van der Waals surface area (Å²) in [4.78, 5) is 19.8. The Hall–Kier alpha value is -1.65. The van der Waals surface area contributed by atoms with Gasteiger partial charge in [0, 0.05) is 18.4 Å². The van der Waals surface area contributed by atoms with E-state index in [0.29, 0.717) is 27.6 Å². The number of carbonyl (C=O) groups excluding carboxylic acids is 1. The number of rotatable bonds is 23. The van der Waals surface area contributed by atoms with Crippen LogP contribution in [-0.4, -0.2) is 30.6 Å². The lowest BCUT2D eigenvalue weighted by Gasteiger charge is -2.36. The summed E-state index contributed by atoms with van der Waals surface area (Å²) in [6, 6.07) is 17.6. The zero-order chi connectivity index (χ0) is 28.2. The van der Waals surface area contributed by atoms with Crippen molar-refractivity contribution in [1.82, 2.24) is 0 Å². The molecular weight excluding hydrogens is 558 g/mol. The second kappa shape index (κ2) is 22.0. The van der Waals surface area contributed by atoms with Gasteiger partial charge in [-0.05, 0) is 18.6 Å². The highest BCUT2D eigenvalue weighted by atomic mass is 79.9. The van der Waals surface area contributed by atoms with Gasteiger partial charge < -0.3 is 21.8 Å². The van der Waals surface area contributed by atoms with Crippen molar-refractivity contribution in [3.63, 3.8) is 0 Å². The zero-order valence-corrected chi connectivity index (χ0v) is 27.7. The molecule has 1 unspecified atom stereocenters. The molecule has 0 bridgehead atoms. The standard InChI is InChI=1S/C36H58NO2.BrH/c1-5-7-8-9-10-11-12-13-14-15-16-17-18-19-23-29-33(26-6-2)37(3,4)39-35-31-25-24-30-34(35)36(38)32-27-21-20-22-28-32;/h20-22,24-25,27-28,30-31,33H,5-19,23,26,29H2,1-4H3;1H/q+1;/p-1. The molecule has 3 nitrogen and oxygen atoms in total. The molecule has 0 aliphatic heterocycles. The first-order chi connectivity index (χ1) is 19.0. The number of hydroxylamine groups is 3.